The van der Waals surface area contributed by atoms with E-state index in [1.54, 1.807) is 25.8 Å². The van der Waals surface area contributed by atoms with Gasteiger partial charge in [-0.3, -0.25) is 9.78 Å². The predicted octanol–water partition coefficient (Wildman–Crippen LogP) is 0.925. The third kappa shape index (κ3) is 4.04. The van der Waals surface area contributed by atoms with Crippen molar-refractivity contribution in [2.75, 3.05) is 0 Å². The minimum Gasteiger partial charge on any atom is -0.444 e. The fourth-order valence-electron chi connectivity index (χ4n) is 3.96. The minimum absolute atomic E-state index is 0.141. The topological polar surface area (TPSA) is 122 Å². The summed E-state index contributed by atoms with van der Waals surface area (Å²) < 4.78 is 19.2. The fourth-order valence-corrected chi connectivity index (χ4v) is 3.96. The number of H-pyrrole nitrogens is 1. The van der Waals surface area contributed by atoms with Crippen molar-refractivity contribution in [1.29, 1.82) is 0 Å². The fraction of sp³-hybridized carbons (Fsp3) is 0.647. The number of aromatic amines is 1. The maximum Gasteiger partial charge on any atom is 0.407 e. The van der Waals surface area contributed by atoms with Gasteiger partial charge in [-0.25, -0.2) is 19.0 Å². The van der Waals surface area contributed by atoms with Crippen LogP contribution in [0.2, 0.25) is 0 Å². The molecular weight excluding hydrogens is 359 g/mol. The molecule has 3 N–H and O–H groups in total. The zero-order valence-electron chi connectivity index (χ0n) is 15.4. The lowest BCUT2D eigenvalue weighted by Crippen LogP contribution is -2.57. The van der Waals surface area contributed by atoms with Crippen LogP contribution in [-0.2, 0) is 4.74 Å². The average Bonchev–Trinajstić information content (AvgIpc) is 3.12. The smallest absolute Gasteiger partial charge is 0.407 e. The van der Waals surface area contributed by atoms with E-state index in [1.165, 1.54) is 0 Å². The van der Waals surface area contributed by atoms with E-state index in [-0.39, 0.29) is 17.9 Å². The molecule has 2 bridgehead atoms. The molecule has 4 unspecified atom stereocenters. The summed E-state index contributed by atoms with van der Waals surface area (Å²) in [7, 11) is 0. The first-order valence-electron chi connectivity index (χ1n) is 8.87. The van der Waals surface area contributed by atoms with Gasteiger partial charge in [0, 0.05) is 0 Å². The first kappa shape index (κ1) is 19.1. The molecule has 0 radical (unpaired) electrons. The Labute approximate surface area is 154 Å². The third-order valence-electron chi connectivity index (χ3n) is 5.01. The van der Waals surface area contributed by atoms with E-state index in [0.717, 1.165) is 19.3 Å². The molecule has 4 atom stereocenters. The van der Waals surface area contributed by atoms with Gasteiger partial charge in [-0.05, 0) is 51.9 Å². The predicted molar refractivity (Wildman–Crippen MR) is 93.0 cm³/mol. The van der Waals surface area contributed by atoms with Crippen LogP contribution in [0.3, 0.4) is 0 Å². The van der Waals surface area contributed by atoms with Gasteiger partial charge >= 0.3 is 17.8 Å². The largest absolute Gasteiger partial charge is 0.444 e. The van der Waals surface area contributed by atoms with Crippen LogP contribution in [-0.4, -0.2) is 39.4 Å². The Hall–Kier alpha value is -2.65. The average molecular weight is 382 g/mol. The maximum absolute atomic E-state index is 13.4. The molecule has 148 valence electrons. The third-order valence-corrected chi connectivity index (χ3v) is 5.01. The van der Waals surface area contributed by atoms with Crippen LogP contribution in [0.15, 0.2) is 15.8 Å². The summed E-state index contributed by atoms with van der Waals surface area (Å²) >= 11 is 0. The summed E-state index contributed by atoms with van der Waals surface area (Å²) in [5, 5.41) is 5.51. The van der Waals surface area contributed by atoms with Crippen molar-refractivity contribution < 1.29 is 18.7 Å². The highest BCUT2D eigenvalue weighted by atomic mass is 19.1. The van der Waals surface area contributed by atoms with Crippen molar-refractivity contribution in [1.82, 2.24) is 20.2 Å². The van der Waals surface area contributed by atoms with Crippen molar-refractivity contribution in [3.8, 4) is 0 Å². The number of carbonyl (C=O) groups is 2. The first-order chi connectivity index (χ1) is 12.5. The van der Waals surface area contributed by atoms with Gasteiger partial charge in [0.05, 0.1) is 18.3 Å². The lowest BCUT2D eigenvalue weighted by Gasteiger charge is -2.33. The summed E-state index contributed by atoms with van der Waals surface area (Å²) in [4.78, 5) is 49.2. The van der Waals surface area contributed by atoms with Crippen molar-refractivity contribution in [3.63, 3.8) is 0 Å². The molecule has 2 fully saturated rings. The van der Waals surface area contributed by atoms with Crippen LogP contribution in [0.4, 0.5) is 14.0 Å². The normalized spacial score (nSPS) is 26.7. The number of hydrogen-bond donors (Lipinski definition) is 3. The van der Waals surface area contributed by atoms with Crippen molar-refractivity contribution in [2.45, 2.75) is 57.7 Å². The van der Waals surface area contributed by atoms with Gasteiger partial charge in [0.15, 0.2) is 0 Å². The summed E-state index contributed by atoms with van der Waals surface area (Å²) in [6.45, 7) is 5.26. The Bertz CT molecular complexity index is 871. The summed E-state index contributed by atoms with van der Waals surface area (Å²) in [6, 6.07) is -1.61. The highest BCUT2D eigenvalue weighted by Crippen LogP contribution is 2.44. The van der Waals surface area contributed by atoms with Gasteiger partial charge in [-0.1, -0.05) is 0 Å². The summed E-state index contributed by atoms with van der Waals surface area (Å²) in [6.07, 6.45) is 2.62. The maximum atomic E-state index is 13.4. The number of ether oxygens (including phenoxy) is 1. The molecule has 1 aromatic heterocycles. The van der Waals surface area contributed by atoms with E-state index in [0.29, 0.717) is 10.8 Å². The molecule has 0 spiro atoms. The molecule has 0 saturated heterocycles. The molecule has 2 saturated carbocycles. The van der Waals surface area contributed by atoms with E-state index in [2.05, 4.69) is 10.6 Å². The van der Waals surface area contributed by atoms with Gasteiger partial charge < -0.3 is 15.4 Å². The number of aromatic nitrogens is 2. The number of amides is 2. The van der Waals surface area contributed by atoms with Gasteiger partial charge in [-0.15, -0.1) is 0 Å². The highest BCUT2D eigenvalue weighted by Gasteiger charge is 2.49. The van der Waals surface area contributed by atoms with E-state index in [1.807, 2.05) is 0 Å². The van der Waals surface area contributed by atoms with E-state index < -0.39 is 40.8 Å². The Morgan fingerprint density at radius 3 is 2.37 bits per heavy atom. The highest BCUT2D eigenvalue weighted by molar-refractivity contribution is 5.77. The van der Waals surface area contributed by atoms with Crippen molar-refractivity contribution >= 4 is 12.1 Å². The number of nitrogens with one attached hydrogen (secondary N) is 3. The monoisotopic (exact) mass is 382 g/mol. The molecule has 10 heteroatoms. The zero-order chi connectivity index (χ0) is 19.9. The standard InChI is InChI=1S/C17H23FN4O5/c1-17(2,3)27-16(26)20-12-9-5-4-8(6-9)11(12)19-14(24)22-7-10(18)13(23)21-15(22)25/h7-9,11-12H,4-6H2,1-3H3,(H,19,24)(H,20,26)(H,21,23,25). The van der Waals surface area contributed by atoms with Gasteiger partial charge in [0.1, 0.15) is 5.60 Å². The summed E-state index contributed by atoms with van der Waals surface area (Å²) in [5.74, 6) is -0.903. The summed E-state index contributed by atoms with van der Waals surface area (Å²) in [5.41, 5.74) is -2.87. The number of carbonyl (C=O) groups excluding carboxylic acids is 2. The zero-order valence-corrected chi connectivity index (χ0v) is 15.4. The molecule has 2 aliphatic rings. The van der Waals surface area contributed by atoms with Crippen LogP contribution >= 0.6 is 0 Å². The number of rotatable bonds is 2. The Kier molecular flexibility index (Phi) is 4.83. The molecule has 1 heterocycles. The second-order valence-corrected chi connectivity index (χ2v) is 8.09. The molecular formula is C17H23FN4O5. The molecule has 2 amide bonds. The van der Waals surface area contributed by atoms with Crippen LogP contribution in [0, 0.1) is 17.7 Å². The number of halogens is 1. The number of alkyl carbamates (subject to hydrolysis) is 1. The SMILES string of the molecule is CC(C)(C)OC(=O)NC1C2CCC(C2)C1NC(=O)n1cc(F)c(=O)[nH]c1=O. The lowest BCUT2D eigenvalue weighted by molar-refractivity contribution is 0.0474. The second-order valence-electron chi connectivity index (χ2n) is 8.09. The molecule has 2 aliphatic carbocycles. The van der Waals surface area contributed by atoms with E-state index >= 15 is 0 Å². The lowest BCUT2D eigenvalue weighted by atomic mass is 9.90. The van der Waals surface area contributed by atoms with Crippen LogP contribution < -0.4 is 21.9 Å². The number of nitrogens with zero attached hydrogens (tertiary/aromatic N) is 1. The second kappa shape index (κ2) is 6.82. The quantitative estimate of drug-likeness (QED) is 0.702. The van der Waals surface area contributed by atoms with Gasteiger partial charge in [0.25, 0.3) is 5.56 Å². The Balaban J connectivity index is 1.75. The molecule has 0 aromatic carbocycles. The van der Waals surface area contributed by atoms with Crippen LogP contribution in [0.5, 0.6) is 0 Å². The molecule has 0 aliphatic heterocycles. The Morgan fingerprint density at radius 2 is 1.78 bits per heavy atom. The molecule has 27 heavy (non-hydrogen) atoms. The van der Waals surface area contributed by atoms with Crippen molar-refractivity contribution in [3.05, 3.63) is 32.9 Å². The molecule has 3 rings (SSSR count). The first-order valence-corrected chi connectivity index (χ1v) is 8.87. The molecule has 1 aromatic rings. The van der Waals surface area contributed by atoms with E-state index in [4.69, 9.17) is 4.74 Å². The van der Waals surface area contributed by atoms with Gasteiger partial charge in [0.2, 0.25) is 5.82 Å². The molecule has 9 nitrogen and oxygen atoms in total. The van der Waals surface area contributed by atoms with Crippen LogP contribution in [0.1, 0.15) is 40.0 Å². The van der Waals surface area contributed by atoms with Crippen molar-refractivity contribution in [2.24, 2.45) is 11.8 Å². The van der Waals surface area contributed by atoms with E-state index in [9.17, 15) is 23.6 Å². The number of hydrogen-bond acceptors (Lipinski definition) is 5. The number of fused-ring (bicyclic) bond motifs is 2. The van der Waals surface area contributed by atoms with Gasteiger partial charge in [-0.2, -0.15) is 4.39 Å². The minimum atomic E-state index is -1.24. The Morgan fingerprint density at radius 1 is 1.19 bits per heavy atom. The van der Waals surface area contributed by atoms with Crippen LogP contribution in [0.25, 0.3) is 0 Å².